The van der Waals surface area contributed by atoms with Crippen molar-refractivity contribution in [1.29, 1.82) is 0 Å². The van der Waals surface area contributed by atoms with E-state index >= 15 is 0 Å². The van der Waals surface area contributed by atoms with Crippen molar-refractivity contribution in [3.05, 3.63) is 18.2 Å². The predicted molar refractivity (Wildman–Crippen MR) is 82.4 cm³/mol. The second-order valence-electron chi connectivity index (χ2n) is 5.43. The van der Waals surface area contributed by atoms with Crippen LogP contribution in [0.3, 0.4) is 0 Å². The first-order valence-electron chi connectivity index (χ1n) is 6.96. The van der Waals surface area contributed by atoms with Gasteiger partial charge in [-0.15, -0.1) is 0 Å². The zero-order valence-corrected chi connectivity index (χ0v) is 13.2. The van der Waals surface area contributed by atoms with E-state index in [9.17, 15) is 8.42 Å². The molecule has 6 heteroatoms. The number of hydrogen-bond acceptors (Lipinski definition) is 4. The molecular formula is C14H23N3O2S. The maximum Gasteiger partial charge on any atom is 0.242 e. The van der Waals surface area contributed by atoms with Gasteiger partial charge in [0.15, 0.2) is 0 Å². The Morgan fingerprint density at radius 1 is 1.30 bits per heavy atom. The van der Waals surface area contributed by atoms with Crippen molar-refractivity contribution < 1.29 is 8.42 Å². The average molecular weight is 297 g/mol. The Kier molecular flexibility index (Phi) is 4.25. The fraction of sp³-hybridized carbons (Fsp3) is 0.571. The van der Waals surface area contributed by atoms with E-state index < -0.39 is 10.0 Å². The summed E-state index contributed by atoms with van der Waals surface area (Å²) in [4.78, 5) is 2.54. The zero-order valence-electron chi connectivity index (χ0n) is 12.3. The lowest BCUT2D eigenvalue weighted by molar-refractivity contribution is 0.520. The molecular weight excluding hydrogens is 274 g/mol. The molecule has 0 saturated heterocycles. The molecule has 1 aromatic carbocycles. The molecule has 5 nitrogen and oxygen atoms in total. The normalized spacial score (nSPS) is 15.6. The molecule has 2 N–H and O–H groups in total. The molecule has 0 heterocycles. The van der Waals surface area contributed by atoms with E-state index in [1.54, 1.807) is 18.2 Å². The summed E-state index contributed by atoms with van der Waals surface area (Å²) in [5.41, 5.74) is 7.54. The van der Waals surface area contributed by atoms with Crippen LogP contribution in [0.1, 0.15) is 26.2 Å². The number of sulfonamides is 1. The van der Waals surface area contributed by atoms with Gasteiger partial charge < -0.3 is 10.6 Å². The minimum atomic E-state index is -3.42. The number of nitrogen functional groups attached to an aromatic ring is 1. The van der Waals surface area contributed by atoms with E-state index in [0.717, 1.165) is 31.5 Å². The van der Waals surface area contributed by atoms with Gasteiger partial charge >= 0.3 is 0 Å². The Bertz CT molecular complexity index is 580. The molecule has 112 valence electrons. The molecule has 0 aromatic heterocycles. The molecule has 20 heavy (non-hydrogen) atoms. The highest BCUT2D eigenvalue weighted by molar-refractivity contribution is 7.89. The van der Waals surface area contributed by atoms with Crippen molar-refractivity contribution in [3.63, 3.8) is 0 Å². The quantitative estimate of drug-likeness (QED) is 0.814. The van der Waals surface area contributed by atoms with Gasteiger partial charge in [0.1, 0.15) is 0 Å². The standard InChI is InChI=1S/C14H23N3O2S/c1-4-9-17(11-5-6-11)14-10-12(7-8-13(14)15)20(18,19)16(2)3/h7-8,10-11H,4-6,9,15H2,1-3H3. The van der Waals surface area contributed by atoms with Gasteiger partial charge in [-0.25, -0.2) is 12.7 Å². The second kappa shape index (κ2) is 5.61. The van der Waals surface area contributed by atoms with Gasteiger partial charge in [0.25, 0.3) is 0 Å². The smallest absolute Gasteiger partial charge is 0.242 e. The monoisotopic (exact) mass is 297 g/mol. The van der Waals surface area contributed by atoms with E-state index in [-0.39, 0.29) is 0 Å². The second-order valence-corrected chi connectivity index (χ2v) is 7.58. The molecule has 0 aliphatic heterocycles. The molecule has 0 bridgehead atoms. The number of nitrogens with two attached hydrogens (primary N) is 1. The summed E-state index contributed by atoms with van der Waals surface area (Å²) < 4.78 is 25.7. The van der Waals surface area contributed by atoms with Crippen LogP contribution in [-0.2, 0) is 10.0 Å². The molecule has 0 radical (unpaired) electrons. The highest BCUT2D eigenvalue weighted by Crippen LogP contribution is 2.36. The van der Waals surface area contributed by atoms with Crippen LogP contribution in [0, 0.1) is 0 Å². The summed E-state index contributed by atoms with van der Waals surface area (Å²) >= 11 is 0. The molecule has 0 atom stereocenters. The lowest BCUT2D eigenvalue weighted by Crippen LogP contribution is -2.28. The first-order chi connectivity index (χ1) is 9.37. The third-order valence-electron chi connectivity index (χ3n) is 3.54. The van der Waals surface area contributed by atoms with Crippen molar-refractivity contribution in [3.8, 4) is 0 Å². The van der Waals surface area contributed by atoms with Crippen LogP contribution in [0.5, 0.6) is 0 Å². The van der Waals surface area contributed by atoms with Gasteiger partial charge in [0, 0.05) is 26.7 Å². The van der Waals surface area contributed by atoms with Crippen LogP contribution in [0.4, 0.5) is 11.4 Å². The Hall–Kier alpha value is -1.27. The Balaban J connectivity index is 2.43. The maximum atomic E-state index is 12.2. The van der Waals surface area contributed by atoms with Crippen LogP contribution in [0.15, 0.2) is 23.1 Å². The minimum absolute atomic E-state index is 0.299. The summed E-state index contributed by atoms with van der Waals surface area (Å²) in [7, 11) is -0.343. The van der Waals surface area contributed by atoms with E-state index in [4.69, 9.17) is 5.73 Å². The lowest BCUT2D eigenvalue weighted by atomic mass is 10.2. The largest absolute Gasteiger partial charge is 0.397 e. The summed E-state index contributed by atoms with van der Waals surface area (Å²) in [6.45, 7) is 3.02. The summed E-state index contributed by atoms with van der Waals surface area (Å²) in [6.07, 6.45) is 3.33. The SMILES string of the molecule is CCCN(c1cc(S(=O)(=O)N(C)C)ccc1N)C1CC1. The fourth-order valence-electron chi connectivity index (χ4n) is 2.27. The highest BCUT2D eigenvalue weighted by Gasteiger charge is 2.30. The molecule has 1 fully saturated rings. The predicted octanol–water partition coefficient (Wildman–Crippen LogP) is 1.90. The van der Waals surface area contributed by atoms with E-state index in [1.807, 2.05) is 0 Å². The van der Waals surface area contributed by atoms with Gasteiger partial charge in [-0.2, -0.15) is 0 Å². The van der Waals surface area contributed by atoms with Crippen LogP contribution in [0.25, 0.3) is 0 Å². The van der Waals surface area contributed by atoms with E-state index in [0.29, 0.717) is 16.6 Å². The molecule has 1 aliphatic carbocycles. The van der Waals surface area contributed by atoms with Gasteiger partial charge in [-0.05, 0) is 37.5 Å². The molecule has 1 saturated carbocycles. The molecule has 0 spiro atoms. The number of nitrogens with zero attached hydrogens (tertiary/aromatic N) is 2. The van der Waals surface area contributed by atoms with Crippen molar-refractivity contribution in [2.24, 2.45) is 0 Å². The third-order valence-corrected chi connectivity index (χ3v) is 5.35. The molecule has 2 rings (SSSR count). The lowest BCUT2D eigenvalue weighted by Gasteiger charge is -2.26. The van der Waals surface area contributed by atoms with Crippen LogP contribution >= 0.6 is 0 Å². The molecule has 1 aromatic rings. The Morgan fingerprint density at radius 2 is 1.95 bits per heavy atom. The first-order valence-corrected chi connectivity index (χ1v) is 8.40. The van der Waals surface area contributed by atoms with Crippen LogP contribution in [0.2, 0.25) is 0 Å². The van der Waals surface area contributed by atoms with Gasteiger partial charge in [0.05, 0.1) is 16.3 Å². The third kappa shape index (κ3) is 2.91. The van der Waals surface area contributed by atoms with Crippen molar-refractivity contribution in [1.82, 2.24) is 4.31 Å². The molecule has 0 unspecified atom stereocenters. The molecule has 0 amide bonds. The summed E-state index contributed by atoms with van der Waals surface area (Å²) in [5, 5.41) is 0. The van der Waals surface area contributed by atoms with Gasteiger partial charge in [-0.1, -0.05) is 6.92 Å². The van der Waals surface area contributed by atoms with Gasteiger partial charge in [0.2, 0.25) is 10.0 Å². The van der Waals surface area contributed by atoms with Crippen molar-refractivity contribution >= 4 is 21.4 Å². The topological polar surface area (TPSA) is 66.6 Å². The Morgan fingerprint density at radius 3 is 2.45 bits per heavy atom. The zero-order chi connectivity index (χ0) is 14.9. The number of benzene rings is 1. The minimum Gasteiger partial charge on any atom is -0.397 e. The number of anilines is 2. The number of rotatable bonds is 6. The first kappa shape index (κ1) is 15.1. The van der Waals surface area contributed by atoms with E-state index in [1.165, 1.54) is 18.4 Å². The Labute approximate surface area is 121 Å². The molecule has 1 aliphatic rings. The highest BCUT2D eigenvalue weighted by atomic mass is 32.2. The average Bonchev–Trinajstić information content (AvgIpc) is 3.20. The number of hydrogen-bond donors (Lipinski definition) is 1. The van der Waals surface area contributed by atoms with Gasteiger partial charge in [-0.3, -0.25) is 0 Å². The van der Waals surface area contributed by atoms with Crippen molar-refractivity contribution in [2.45, 2.75) is 37.1 Å². The van der Waals surface area contributed by atoms with Crippen molar-refractivity contribution in [2.75, 3.05) is 31.3 Å². The maximum absolute atomic E-state index is 12.2. The summed E-state index contributed by atoms with van der Waals surface area (Å²) in [6, 6.07) is 5.48. The van der Waals surface area contributed by atoms with Crippen LogP contribution < -0.4 is 10.6 Å². The summed E-state index contributed by atoms with van der Waals surface area (Å²) in [5.74, 6) is 0. The van der Waals surface area contributed by atoms with E-state index in [2.05, 4.69) is 11.8 Å². The fourth-order valence-corrected chi connectivity index (χ4v) is 3.19. The van der Waals surface area contributed by atoms with Crippen LogP contribution in [-0.4, -0.2) is 39.4 Å².